The second kappa shape index (κ2) is 5.78. The fourth-order valence-corrected chi connectivity index (χ4v) is 2.10. The predicted molar refractivity (Wildman–Crippen MR) is 82.4 cm³/mol. The molecule has 2 aromatic heterocycles. The number of nitrogens with zero attached hydrogens (tertiary/aromatic N) is 3. The molecule has 0 aliphatic carbocycles. The second-order valence-corrected chi connectivity index (χ2v) is 4.59. The number of imidazole rings is 1. The maximum atomic E-state index is 12.1. The number of halogens is 1. The quantitative estimate of drug-likeness (QED) is 0.757. The molecule has 0 saturated carbocycles. The van der Waals surface area contributed by atoms with Crippen molar-refractivity contribution in [2.24, 2.45) is 0 Å². The van der Waals surface area contributed by atoms with Gasteiger partial charge in [0.05, 0.1) is 5.69 Å². The maximum absolute atomic E-state index is 12.1. The van der Waals surface area contributed by atoms with Crippen LogP contribution in [0.2, 0.25) is 0 Å². The highest BCUT2D eigenvalue weighted by Crippen LogP contribution is 2.21. The number of rotatable bonds is 5. The van der Waals surface area contributed by atoms with E-state index in [9.17, 15) is 4.39 Å². The average molecular weight is 285 g/mol. The van der Waals surface area contributed by atoms with Gasteiger partial charge in [-0.15, -0.1) is 0 Å². The Bertz CT molecular complexity index is 735. The van der Waals surface area contributed by atoms with E-state index in [4.69, 9.17) is 0 Å². The largest absolute Gasteiger partial charge is 0.382 e. The SMILES string of the molecule is CNc1ccn2cc(-c3ccc(NCCF)cc3)nc2n1. The molecule has 0 aliphatic heterocycles. The first-order valence-electron chi connectivity index (χ1n) is 6.74. The summed E-state index contributed by atoms with van der Waals surface area (Å²) in [7, 11) is 1.83. The van der Waals surface area contributed by atoms with Crippen molar-refractivity contribution in [2.75, 3.05) is 30.9 Å². The molecule has 21 heavy (non-hydrogen) atoms. The van der Waals surface area contributed by atoms with E-state index in [0.29, 0.717) is 12.3 Å². The minimum Gasteiger partial charge on any atom is -0.382 e. The summed E-state index contributed by atoms with van der Waals surface area (Å²) >= 11 is 0. The summed E-state index contributed by atoms with van der Waals surface area (Å²) in [6, 6.07) is 9.65. The van der Waals surface area contributed by atoms with Crippen molar-refractivity contribution in [3.05, 3.63) is 42.7 Å². The van der Waals surface area contributed by atoms with Crippen LogP contribution in [0.25, 0.3) is 17.0 Å². The lowest BCUT2D eigenvalue weighted by atomic mass is 10.1. The zero-order chi connectivity index (χ0) is 14.7. The summed E-state index contributed by atoms with van der Waals surface area (Å²) in [5.41, 5.74) is 2.75. The molecule has 2 heterocycles. The highest BCUT2D eigenvalue weighted by molar-refractivity contribution is 5.64. The van der Waals surface area contributed by atoms with Gasteiger partial charge in [-0.2, -0.15) is 4.98 Å². The van der Waals surface area contributed by atoms with E-state index < -0.39 is 0 Å². The monoisotopic (exact) mass is 285 g/mol. The van der Waals surface area contributed by atoms with Crippen LogP contribution >= 0.6 is 0 Å². The summed E-state index contributed by atoms with van der Waals surface area (Å²) in [5.74, 6) is 1.43. The minimum atomic E-state index is -0.381. The number of anilines is 2. The molecule has 3 aromatic rings. The normalized spacial score (nSPS) is 10.8. The van der Waals surface area contributed by atoms with Gasteiger partial charge in [0.15, 0.2) is 0 Å². The second-order valence-electron chi connectivity index (χ2n) is 4.59. The topological polar surface area (TPSA) is 54.2 Å². The number of benzene rings is 1. The summed E-state index contributed by atoms with van der Waals surface area (Å²) < 4.78 is 14.0. The van der Waals surface area contributed by atoms with Crippen LogP contribution in [0, 0.1) is 0 Å². The van der Waals surface area contributed by atoms with E-state index in [-0.39, 0.29) is 6.67 Å². The fourth-order valence-electron chi connectivity index (χ4n) is 2.10. The fraction of sp³-hybridized carbons (Fsp3) is 0.200. The molecule has 2 N–H and O–H groups in total. The van der Waals surface area contributed by atoms with Crippen molar-refractivity contribution in [1.29, 1.82) is 0 Å². The Morgan fingerprint density at radius 3 is 2.67 bits per heavy atom. The molecular formula is C15H16FN5. The summed E-state index contributed by atoms with van der Waals surface area (Å²) in [6.07, 6.45) is 3.85. The highest BCUT2D eigenvalue weighted by atomic mass is 19.1. The van der Waals surface area contributed by atoms with Gasteiger partial charge in [-0.05, 0) is 18.2 Å². The van der Waals surface area contributed by atoms with Gasteiger partial charge in [-0.1, -0.05) is 12.1 Å². The Morgan fingerprint density at radius 1 is 1.14 bits per heavy atom. The maximum Gasteiger partial charge on any atom is 0.236 e. The predicted octanol–water partition coefficient (Wildman–Crippen LogP) is 2.82. The van der Waals surface area contributed by atoms with Crippen molar-refractivity contribution in [1.82, 2.24) is 14.4 Å². The Balaban J connectivity index is 1.89. The molecule has 1 aromatic carbocycles. The van der Waals surface area contributed by atoms with Crippen molar-refractivity contribution in [3.8, 4) is 11.3 Å². The van der Waals surface area contributed by atoms with Crippen LogP contribution in [-0.2, 0) is 0 Å². The van der Waals surface area contributed by atoms with Crippen LogP contribution in [0.15, 0.2) is 42.7 Å². The summed E-state index contributed by atoms with van der Waals surface area (Å²) in [5, 5.41) is 5.99. The van der Waals surface area contributed by atoms with E-state index in [1.54, 1.807) is 0 Å². The lowest BCUT2D eigenvalue weighted by Gasteiger charge is -2.03. The average Bonchev–Trinajstić information content (AvgIpc) is 2.96. The van der Waals surface area contributed by atoms with Crippen LogP contribution < -0.4 is 10.6 Å². The first kappa shape index (κ1) is 13.4. The van der Waals surface area contributed by atoms with Gasteiger partial charge in [-0.25, -0.2) is 9.37 Å². The van der Waals surface area contributed by atoms with E-state index in [1.165, 1.54) is 0 Å². The molecule has 3 rings (SSSR count). The third-order valence-corrected chi connectivity index (χ3v) is 3.19. The number of aromatic nitrogens is 3. The van der Waals surface area contributed by atoms with Crippen LogP contribution in [0.4, 0.5) is 15.9 Å². The van der Waals surface area contributed by atoms with Crippen LogP contribution in [-0.4, -0.2) is 34.6 Å². The summed E-state index contributed by atoms with van der Waals surface area (Å²) in [4.78, 5) is 8.90. The standard InChI is InChI=1S/C15H16FN5/c1-17-14-6-9-21-10-13(19-15(21)20-14)11-2-4-12(5-3-11)18-8-7-16/h2-6,9-10,18H,7-8H2,1H3,(H,17,19,20). The van der Waals surface area contributed by atoms with Crippen molar-refractivity contribution in [3.63, 3.8) is 0 Å². The lowest BCUT2D eigenvalue weighted by Crippen LogP contribution is -2.02. The van der Waals surface area contributed by atoms with Crippen LogP contribution in [0.1, 0.15) is 0 Å². The zero-order valence-electron chi connectivity index (χ0n) is 11.7. The Labute approximate surface area is 121 Å². The van der Waals surface area contributed by atoms with Gasteiger partial charge in [0.2, 0.25) is 5.78 Å². The van der Waals surface area contributed by atoms with Crippen LogP contribution in [0.5, 0.6) is 0 Å². The molecule has 108 valence electrons. The number of hydrogen-bond acceptors (Lipinski definition) is 4. The van der Waals surface area contributed by atoms with Crippen molar-refractivity contribution < 1.29 is 4.39 Å². The van der Waals surface area contributed by atoms with E-state index in [2.05, 4.69) is 20.6 Å². The number of fused-ring (bicyclic) bond motifs is 1. The molecule has 0 atom stereocenters. The van der Waals surface area contributed by atoms with Gasteiger partial charge in [0, 0.05) is 37.2 Å². The third-order valence-electron chi connectivity index (χ3n) is 3.19. The van der Waals surface area contributed by atoms with Gasteiger partial charge >= 0.3 is 0 Å². The Kier molecular flexibility index (Phi) is 3.68. The highest BCUT2D eigenvalue weighted by Gasteiger charge is 2.06. The van der Waals surface area contributed by atoms with Gasteiger partial charge < -0.3 is 10.6 Å². The molecule has 0 fully saturated rings. The smallest absolute Gasteiger partial charge is 0.236 e. The molecule has 0 unspecified atom stereocenters. The van der Waals surface area contributed by atoms with Crippen LogP contribution in [0.3, 0.4) is 0 Å². The molecule has 0 aliphatic rings. The number of alkyl halides is 1. The van der Waals surface area contributed by atoms with E-state index in [0.717, 1.165) is 22.8 Å². The molecule has 0 amide bonds. The molecular weight excluding hydrogens is 269 g/mol. The van der Waals surface area contributed by atoms with E-state index >= 15 is 0 Å². The van der Waals surface area contributed by atoms with Crippen molar-refractivity contribution in [2.45, 2.75) is 0 Å². The van der Waals surface area contributed by atoms with Gasteiger partial charge in [0.1, 0.15) is 12.5 Å². The summed E-state index contributed by atoms with van der Waals surface area (Å²) in [6.45, 7) is -0.0575. The van der Waals surface area contributed by atoms with E-state index in [1.807, 2.05) is 54.2 Å². The number of nitrogens with one attached hydrogen (secondary N) is 2. The molecule has 5 nitrogen and oxygen atoms in total. The minimum absolute atomic E-state index is 0.324. The lowest BCUT2D eigenvalue weighted by molar-refractivity contribution is 0.513. The Morgan fingerprint density at radius 2 is 1.95 bits per heavy atom. The molecule has 0 saturated heterocycles. The van der Waals surface area contributed by atoms with Gasteiger partial charge in [-0.3, -0.25) is 4.40 Å². The van der Waals surface area contributed by atoms with Gasteiger partial charge in [0.25, 0.3) is 0 Å². The first-order chi connectivity index (χ1) is 10.3. The molecule has 0 spiro atoms. The zero-order valence-corrected chi connectivity index (χ0v) is 11.7. The third kappa shape index (κ3) is 2.79. The Hall–Kier alpha value is -2.63. The molecule has 0 radical (unpaired) electrons. The number of hydrogen-bond donors (Lipinski definition) is 2. The molecule has 0 bridgehead atoms. The van der Waals surface area contributed by atoms with Crippen molar-refractivity contribution >= 4 is 17.3 Å². The first-order valence-corrected chi connectivity index (χ1v) is 6.74. The molecule has 6 heteroatoms.